The van der Waals surface area contributed by atoms with E-state index in [2.05, 4.69) is 73.3 Å². The van der Waals surface area contributed by atoms with Gasteiger partial charge in [0.05, 0.1) is 17.4 Å². The second-order valence-electron chi connectivity index (χ2n) is 8.52. The molecule has 2 heteroatoms. The lowest BCUT2D eigenvalue weighted by atomic mass is 9.96. The third-order valence-corrected chi connectivity index (χ3v) is 6.84. The van der Waals surface area contributed by atoms with Crippen LogP contribution in [-0.4, -0.2) is 9.55 Å². The van der Waals surface area contributed by atoms with Crippen LogP contribution in [0.5, 0.6) is 0 Å². The SMILES string of the molecule is CCc1ccc(C2=CC(c3ccc4c(c3)ncn4C3CCCC3)=CC2)cc1CC. The largest absolute Gasteiger partial charge is 0.327 e. The molecule has 2 nitrogen and oxygen atoms in total. The van der Waals surface area contributed by atoms with E-state index in [0.29, 0.717) is 6.04 Å². The van der Waals surface area contributed by atoms with Gasteiger partial charge in [0.25, 0.3) is 0 Å². The number of allylic oxidation sites excluding steroid dienone is 4. The number of nitrogens with zero attached hydrogens (tertiary/aromatic N) is 2. The minimum absolute atomic E-state index is 0.641. The summed E-state index contributed by atoms with van der Waals surface area (Å²) in [5, 5.41) is 0. The van der Waals surface area contributed by atoms with Crippen molar-refractivity contribution in [3.05, 3.63) is 77.1 Å². The van der Waals surface area contributed by atoms with Crippen molar-refractivity contribution in [1.82, 2.24) is 9.55 Å². The standard InChI is InChI=1S/C27H30N2/c1-3-19-9-10-21(15-20(19)4-2)22-11-12-23(16-22)24-13-14-27-26(17-24)28-18-29(27)25-7-5-6-8-25/h9-10,12-18,25H,3-8,11H2,1-2H3. The molecule has 0 N–H and O–H groups in total. The Balaban J connectivity index is 1.43. The van der Waals surface area contributed by atoms with Gasteiger partial charge in [-0.3, -0.25) is 0 Å². The van der Waals surface area contributed by atoms with Crippen molar-refractivity contribution in [2.45, 2.75) is 64.8 Å². The second kappa shape index (κ2) is 7.67. The van der Waals surface area contributed by atoms with Crippen LogP contribution in [0.4, 0.5) is 0 Å². The quantitative estimate of drug-likeness (QED) is 0.458. The number of hydrogen-bond donors (Lipinski definition) is 0. The number of benzene rings is 2. The molecule has 0 radical (unpaired) electrons. The molecule has 1 saturated carbocycles. The molecule has 0 spiro atoms. The van der Waals surface area contributed by atoms with Crippen molar-refractivity contribution in [3.8, 4) is 0 Å². The lowest BCUT2D eigenvalue weighted by molar-refractivity contribution is 0.532. The Bertz CT molecular complexity index is 1110. The highest BCUT2D eigenvalue weighted by Gasteiger charge is 2.19. The van der Waals surface area contributed by atoms with E-state index in [1.165, 1.54) is 64.6 Å². The van der Waals surface area contributed by atoms with Crippen LogP contribution >= 0.6 is 0 Å². The molecule has 0 unspecified atom stereocenters. The summed E-state index contributed by atoms with van der Waals surface area (Å²) in [6.45, 7) is 4.50. The van der Waals surface area contributed by atoms with Crippen LogP contribution in [0.2, 0.25) is 0 Å². The van der Waals surface area contributed by atoms with Gasteiger partial charge in [0, 0.05) is 6.04 Å². The monoisotopic (exact) mass is 382 g/mol. The highest BCUT2D eigenvalue weighted by molar-refractivity contribution is 5.92. The maximum absolute atomic E-state index is 4.73. The van der Waals surface area contributed by atoms with E-state index in [4.69, 9.17) is 4.98 Å². The van der Waals surface area contributed by atoms with E-state index in [1.807, 2.05) is 0 Å². The second-order valence-corrected chi connectivity index (χ2v) is 8.52. The molecule has 5 rings (SSSR count). The maximum atomic E-state index is 4.73. The molecule has 2 aliphatic rings. The summed E-state index contributed by atoms with van der Waals surface area (Å²) in [4.78, 5) is 4.73. The van der Waals surface area contributed by atoms with Crippen LogP contribution in [0, 0.1) is 0 Å². The first-order valence-electron chi connectivity index (χ1n) is 11.3. The van der Waals surface area contributed by atoms with E-state index in [9.17, 15) is 0 Å². The van der Waals surface area contributed by atoms with E-state index in [1.54, 1.807) is 0 Å². The molecule has 0 aliphatic heterocycles. The average Bonchev–Trinajstić information content (AvgIpc) is 3.52. The molecular weight excluding hydrogens is 352 g/mol. The van der Waals surface area contributed by atoms with Crippen LogP contribution in [0.1, 0.15) is 74.2 Å². The molecule has 3 aromatic rings. The van der Waals surface area contributed by atoms with Gasteiger partial charge in [0.1, 0.15) is 0 Å². The molecule has 1 fully saturated rings. The Morgan fingerprint density at radius 2 is 1.72 bits per heavy atom. The Morgan fingerprint density at radius 3 is 2.52 bits per heavy atom. The third kappa shape index (κ3) is 3.35. The number of rotatable bonds is 5. The fraction of sp³-hybridized carbons (Fsp3) is 0.370. The summed E-state index contributed by atoms with van der Waals surface area (Å²) in [7, 11) is 0. The number of hydrogen-bond acceptors (Lipinski definition) is 1. The molecule has 0 saturated heterocycles. The van der Waals surface area contributed by atoms with Crippen LogP contribution < -0.4 is 0 Å². The van der Waals surface area contributed by atoms with Crippen LogP contribution in [0.15, 0.2) is 54.9 Å². The van der Waals surface area contributed by atoms with Gasteiger partial charge < -0.3 is 4.57 Å². The molecule has 1 heterocycles. The minimum atomic E-state index is 0.641. The third-order valence-electron chi connectivity index (χ3n) is 6.84. The minimum Gasteiger partial charge on any atom is -0.327 e. The molecule has 0 amide bonds. The summed E-state index contributed by atoms with van der Waals surface area (Å²) in [5.74, 6) is 0. The fourth-order valence-corrected chi connectivity index (χ4v) is 5.11. The van der Waals surface area contributed by atoms with Gasteiger partial charge >= 0.3 is 0 Å². The summed E-state index contributed by atoms with van der Waals surface area (Å²) in [6, 6.07) is 14.5. The topological polar surface area (TPSA) is 17.8 Å². The summed E-state index contributed by atoms with van der Waals surface area (Å²) in [6.07, 6.45) is 15.3. The van der Waals surface area contributed by atoms with Gasteiger partial charge in [-0.2, -0.15) is 0 Å². The van der Waals surface area contributed by atoms with Gasteiger partial charge in [-0.05, 0) is 77.6 Å². The maximum Gasteiger partial charge on any atom is 0.0960 e. The number of fused-ring (bicyclic) bond motifs is 1. The van der Waals surface area contributed by atoms with Crippen molar-refractivity contribution in [3.63, 3.8) is 0 Å². The van der Waals surface area contributed by atoms with E-state index >= 15 is 0 Å². The van der Waals surface area contributed by atoms with Crippen LogP contribution in [-0.2, 0) is 12.8 Å². The predicted octanol–water partition coefficient (Wildman–Crippen LogP) is 7.15. The zero-order chi connectivity index (χ0) is 19.8. The molecule has 148 valence electrons. The Labute approximate surface area is 174 Å². The van der Waals surface area contributed by atoms with E-state index in [-0.39, 0.29) is 0 Å². The van der Waals surface area contributed by atoms with Gasteiger partial charge in [-0.15, -0.1) is 0 Å². The predicted molar refractivity (Wildman–Crippen MR) is 123 cm³/mol. The molecule has 1 aromatic heterocycles. The molecule has 2 aromatic carbocycles. The highest BCUT2D eigenvalue weighted by Crippen LogP contribution is 2.36. The van der Waals surface area contributed by atoms with Crippen molar-refractivity contribution in [2.24, 2.45) is 0 Å². The first-order valence-corrected chi connectivity index (χ1v) is 11.3. The molecule has 0 bridgehead atoms. The normalized spacial score (nSPS) is 17.2. The van der Waals surface area contributed by atoms with Gasteiger partial charge in [-0.25, -0.2) is 4.98 Å². The molecule has 29 heavy (non-hydrogen) atoms. The number of aryl methyl sites for hydroxylation is 2. The number of imidazole rings is 1. The molecular formula is C27H30N2. The van der Waals surface area contributed by atoms with Gasteiger partial charge in [0.15, 0.2) is 0 Å². The summed E-state index contributed by atoms with van der Waals surface area (Å²) < 4.78 is 2.40. The first-order chi connectivity index (χ1) is 14.3. The van der Waals surface area contributed by atoms with Crippen molar-refractivity contribution in [2.75, 3.05) is 0 Å². The molecule has 2 aliphatic carbocycles. The summed E-state index contributed by atoms with van der Waals surface area (Å²) in [5.41, 5.74) is 10.8. The average molecular weight is 383 g/mol. The fourth-order valence-electron chi connectivity index (χ4n) is 5.11. The molecule has 0 atom stereocenters. The smallest absolute Gasteiger partial charge is 0.0960 e. The lowest BCUT2D eigenvalue weighted by Gasteiger charge is -2.12. The first kappa shape index (κ1) is 18.4. The van der Waals surface area contributed by atoms with Crippen molar-refractivity contribution < 1.29 is 0 Å². The Kier molecular flexibility index (Phi) is 4.87. The van der Waals surface area contributed by atoms with Crippen LogP contribution in [0.25, 0.3) is 22.2 Å². The summed E-state index contributed by atoms with van der Waals surface area (Å²) >= 11 is 0. The zero-order valence-electron chi connectivity index (χ0n) is 17.6. The van der Waals surface area contributed by atoms with Gasteiger partial charge in [0.2, 0.25) is 0 Å². The van der Waals surface area contributed by atoms with Crippen LogP contribution in [0.3, 0.4) is 0 Å². The highest BCUT2D eigenvalue weighted by atomic mass is 15.1. The zero-order valence-corrected chi connectivity index (χ0v) is 17.6. The Morgan fingerprint density at radius 1 is 0.931 bits per heavy atom. The Hall–Kier alpha value is -2.61. The van der Waals surface area contributed by atoms with Crippen molar-refractivity contribution in [1.29, 1.82) is 0 Å². The van der Waals surface area contributed by atoms with E-state index < -0.39 is 0 Å². The van der Waals surface area contributed by atoms with Gasteiger partial charge in [-0.1, -0.05) is 63.1 Å². The lowest BCUT2D eigenvalue weighted by Crippen LogP contribution is -2.02. The van der Waals surface area contributed by atoms with E-state index in [0.717, 1.165) is 24.8 Å². The number of aromatic nitrogens is 2. The van der Waals surface area contributed by atoms with Crippen molar-refractivity contribution >= 4 is 22.2 Å².